The second-order valence-electron chi connectivity index (χ2n) is 8.90. The molecule has 2 N–H and O–H groups in total. The minimum atomic E-state index is -1.07. The van der Waals surface area contributed by atoms with Crippen LogP contribution in [-0.2, 0) is 9.59 Å². The number of H-pyrrole nitrogens is 1. The molecule has 39 heavy (non-hydrogen) atoms. The number of aliphatic hydroxyl groups excluding tert-OH is 1. The molecule has 10 nitrogen and oxygen atoms in total. The van der Waals surface area contributed by atoms with E-state index in [1.54, 1.807) is 36.4 Å². The van der Waals surface area contributed by atoms with Gasteiger partial charge in [-0.3, -0.25) is 14.5 Å². The van der Waals surface area contributed by atoms with E-state index < -0.39 is 23.5 Å². The number of carbonyl (C=O) groups excluding carboxylic acids is 2. The summed E-state index contributed by atoms with van der Waals surface area (Å²) in [5.74, 6) is -0.663. The highest BCUT2D eigenvalue weighted by atomic mass is 16.5. The highest BCUT2D eigenvalue weighted by molar-refractivity contribution is 6.51. The third-order valence-electron chi connectivity index (χ3n) is 6.69. The largest absolute Gasteiger partial charge is 0.506 e. The van der Waals surface area contributed by atoms with E-state index in [1.807, 2.05) is 25.1 Å². The first-order valence-electron chi connectivity index (χ1n) is 12.0. The maximum Gasteiger partial charge on any atom is 0.302 e. The summed E-state index contributed by atoms with van der Waals surface area (Å²) in [6.07, 6.45) is 0. The Morgan fingerprint density at radius 2 is 1.54 bits per heavy atom. The number of rotatable bonds is 7. The Kier molecular flexibility index (Phi) is 6.61. The molecule has 1 unspecified atom stereocenters. The number of Topliss-reactive ketones (excluding diaryl/α,β-unsaturated/α-hetero) is 1. The zero-order valence-corrected chi connectivity index (χ0v) is 22.1. The van der Waals surface area contributed by atoms with Crippen LogP contribution in [0.15, 0.2) is 60.2 Å². The van der Waals surface area contributed by atoms with Crippen LogP contribution in [-0.4, -0.2) is 55.2 Å². The lowest BCUT2D eigenvalue weighted by Gasteiger charge is -2.24. The summed E-state index contributed by atoms with van der Waals surface area (Å²) >= 11 is 0. The number of aliphatic hydroxyl groups is 1. The average molecular weight is 530 g/mol. The fourth-order valence-corrected chi connectivity index (χ4v) is 4.83. The first-order chi connectivity index (χ1) is 18.8. The van der Waals surface area contributed by atoms with Gasteiger partial charge < -0.3 is 29.0 Å². The Balaban J connectivity index is 1.80. The van der Waals surface area contributed by atoms with Gasteiger partial charge in [0.25, 0.3) is 5.78 Å². The van der Waals surface area contributed by atoms with E-state index in [-0.39, 0.29) is 28.6 Å². The lowest BCUT2D eigenvalue weighted by atomic mass is 9.94. The van der Waals surface area contributed by atoms with E-state index in [0.717, 1.165) is 5.56 Å². The minimum Gasteiger partial charge on any atom is -0.506 e. The molecule has 1 atom stereocenters. The second kappa shape index (κ2) is 10.1. The number of ketones is 1. The number of amides is 1. The molecule has 5 rings (SSSR count). The molecular formula is C29H27N3O7. The van der Waals surface area contributed by atoms with Gasteiger partial charge in [-0.2, -0.15) is 0 Å². The van der Waals surface area contributed by atoms with Crippen molar-refractivity contribution >= 4 is 34.4 Å². The van der Waals surface area contributed by atoms with Crippen LogP contribution in [0.3, 0.4) is 0 Å². The van der Waals surface area contributed by atoms with Gasteiger partial charge in [0.2, 0.25) is 5.95 Å². The van der Waals surface area contributed by atoms with Gasteiger partial charge in [-0.1, -0.05) is 18.2 Å². The van der Waals surface area contributed by atoms with Crippen LogP contribution in [0, 0.1) is 6.92 Å². The zero-order chi connectivity index (χ0) is 27.8. The number of anilines is 1. The number of aromatic amines is 1. The molecule has 1 saturated heterocycles. The molecule has 2 heterocycles. The molecule has 0 radical (unpaired) electrons. The van der Waals surface area contributed by atoms with Crippen LogP contribution < -0.4 is 23.8 Å². The number of hydrogen-bond acceptors (Lipinski definition) is 8. The van der Waals surface area contributed by atoms with Gasteiger partial charge >= 0.3 is 5.91 Å². The van der Waals surface area contributed by atoms with Gasteiger partial charge in [0, 0.05) is 0 Å². The van der Waals surface area contributed by atoms with Crippen molar-refractivity contribution in [3.8, 4) is 23.0 Å². The SMILES string of the molecule is COc1ccc(C2/C(=C(\O)c3c(OC)cccc3OC)C(=O)C(=O)N2c2nc3ccc(C)cc3[nH]2)cc1OC. The zero-order valence-electron chi connectivity index (χ0n) is 22.1. The van der Waals surface area contributed by atoms with Crippen molar-refractivity contribution in [3.05, 3.63) is 76.9 Å². The van der Waals surface area contributed by atoms with Gasteiger partial charge in [-0.15, -0.1) is 0 Å². The second-order valence-corrected chi connectivity index (χ2v) is 8.90. The average Bonchev–Trinajstić information content (AvgIpc) is 3.48. The topological polar surface area (TPSA) is 123 Å². The van der Waals surface area contributed by atoms with Crippen LogP contribution in [0.25, 0.3) is 16.8 Å². The summed E-state index contributed by atoms with van der Waals surface area (Å²) < 4.78 is 21.8. The molecule has 0 aliphatic carbocycles. The number of carbonyl (C=O) groups is 2. The monoisotopic (exact) mass is 529 g/mol. The van der Waals surface area contributed by atoms with Gasteiger partial charge in [-0.25, -0.2) is 4.98 Å². The molecule has 0 spiro atoms. The fraction of sp³-hybridized carbons (Fsp3) is 0.207. The van der Waals surface area contributed by atoms with Crippen molar-refractivity contribution in [3.63, 3.8) is 0 Å². The Morgan fingerprint density at radius 1 is 0.872 bits per heavy atom. The molecule has 10 heteroatoms. The molecule has 4 aromatic rings. The first kappa shape index (κ1) is 25.7. The molecule has 1 aromatic heterocycles. The minimum absolute atomic E-state index is 0.145. The fourth-order valence-electron chi connectivity index (χ4n) is 4.83. The predicted octanol–water partition coefficient (Wildman–Crippen LogP) is 4.53. The van der Waals surface area contributed by atoms with Gasteiger partial charge in [0.05, 0.1) is 51.1 Å². The Hall–Kier alpha value is -4.99. The highest BCUT2D eigenvalue weighted by Crippen LogP contribution is 2.46. The molecule has 1 aliphatic rings. The van der Waals surface area contributed by atoms with Crippen molar-refractivity contribution < 1.29 is 33.6 Å². The number of nitrogens with one attached hydrogen (secondary N) is 1. The van der Waals surface area contributed by atoms with E-state index in [2.05, 4.69) is 9.97 Å². The summed E-state index contributed by atoms with van der Waals surface area (Å²) in [6, 6.07) is 14.5. The third kappa shape index (κ3) is 4.19. The number of methoxy groups -OCH3 is 4. The molecular weight excluding hydrogens is 502 g/mol. The van der Waals surface area contributed by atoms with Crippen LogP contribution >= 0.6 is 0 Å². The quantitative estimate of drug-likeness (QED) is 0.203. The standard InChI is InChI=1S/C29H27N3O7/c1-15-9-11-17-18(13-15)31-29(30-17)32-25(16-10-12-19(36-2)22(14-16)39-5)24(27(34)28(32)35)26(33)23-20(37-3)7-6-8-21(23)38-4/h6-14,25,33H,1-5H3,(H,30,31)/b26-24+. The lowest BCUT2D eigenvalue weighted by molar-refractivity contribution is -0.132. The molecule has 200 valence electrons. The van der Waals surface area contributed by atoms with E-state index in [9.17, 15) is 14.7 Å². The molecule has 1 aliphatic heterocycles. The van der Waals surface area contributed by atoms with E-state index in [4.69, 9.17) is 18.9 Å². The number of imidazole rings is 1. The predicted molar refractivity (Wildman–Crippen MR) is 145 cm³/mol. The van der Waals surface area contributed by atoms with Crippen molar-refractivity contribution in [2.75, 3.05) is 33.3 Å². The van der Waals surface area contributed by atoms with Crippen molar-refractivity contribution in [2.45, 2.75) is 13.0 Å². The number of ether oxygens (including phenoxy) is 4. The maximum atomic E-state index is 13.6. The Morgan fingerprint density at radius 3 is 2.18 bits per heavy atom. The van der Waals surface area contributed by atoms with E-state index >= 15 is 0 Å². The van der Waals surface area contributed by atoms with Crippen molar-refractivity contribution in [1.82, 2.24) is 9.97 Å². The lowest BCUT2D eigenvalue weighted by Crippen LogP contribution is -2.30. The number of aryl methyl sites for hydroxylation is 1. The van der Waals surface area contributed by atoms with Crippen LogP contribution in [0.1, 0.15) is 22.7 Å². The summed E-state index contributed by atoms with van der Waals surface area (Å²) in [5, 5.41) is 11.7. The Bertz CT molecular complexity index is 1620. The molecule has 1 amide bonds. The summed E-state index contributed by atoms with van der Waals surface area (Å²) in [7, 11) is 5.87. The summed E-state index contributed by atoms with van der Waals surface area (Å²) in [5.41, 5.74) is 2.79. The molecule has 1 fully saturated rings. The van der Waals surface area contributed by atoms with Crippen molar-refractivity contribution in [2.24, 2.45) is 0 Å². The van der Waals surface area contributed by atoms with Crippen LogP contribution in [0.5, 0.6) is 23.0 Å². The van der Waals surface area contributed by atoms with Crippen LogP contribution in [0.4, 0.5) is 5.95 Å². The normalized spacial score (nSPS) is 16.5. The third-order valence-corrected chi connectivity index (χ3v) is 6.69. The summed E-state index contributed by atoms with van der Waals surface area (Å²) in [4.78, 5) is 36.3. The van der Waals surface area contributed by atoms with E-state index in [1.165, 1.54) is 33.3 Å². The van der Waals surface area contributed by atoms with Gasteiger partial charge in [0.15, 0.2) is 11.5 Å². The molecule has 0 saturated carbocycles. The Labute approximate surface area is 224 Å². The van der Waals surface area contributed by atoms with Crippen LogP contribution in [0.2, 0.25) is 0 Å². The van der Waals surface area contributed by atoms with Crippen molar-refractivity contribution in [1.29, 1.82) is 0 Å². The van der Waals surface area contributed by atoms with Gasteiger partial charge in [0.1, 0.15) is 22.8 Å². The molecule has 3 aromatic carbocycles. The number of hydrogen-bond donors (Lipinski definition) is 2. The van der Waals surface area contributed by atoms with Gasteiger partial charge in [-0.05, 0) is 54.4 Å². The molecule has 0 bridgehead atoms. The highest BCUT2D eigenvalue weighted by Gasteiger charge is 2.49. The maximum absolute atomic E-state index is 13.6. The number of aromatic nitrogens is 2. The number of benzene rings is 3. The summed E-state index contributed by atoms with van der Waals surface area (Å²) in [6.45, 7) is 1.94. The number of nitrogens with zero attached hydrogens (tertiary/aromatic N) is 2. The first-order valence-corrected chi connectivity index (χ1v) is 12.0. The van der Waals surface area contributed by atoms with E-state index in [0.29, 0.717) is 28.1 Å². The smallest absolute Gasteiger partial charge is 0.302 e. The number of fused-ring (bicyclic) bond motifs is 1.